The van der Waals surface area contributed by atoms with Crippen LogP contribution >= 0.6 is 7.82 Å². The van der Waals surface area contributed by atoms with Gasteiger partial charge in [0, 0.05) is 29.9 Å². The number of phosphoric acid groups is 1. The first kappa shape index (κ1) is 27.8. The maximum atomic E-state index is 12.9. The molecule has 3 fully saturated rings. The van der Waals surface area contributed by atoms with Crippen molar-refractivity contribution in [1.29, 1.82) is 0 Å². The van der Waals surface area contributed by atoms with E-state index in [1.807, 2.05) is 0 Å². The summed E-state index contributed by atoms with van der Waals surface area (Å²) in [5.74, 6) is 0. The summed E-state index contributed by atoms with van der Waals surface area (Å²) < 4.78 is 42.5. The molecule has 0 saturated carbocycles. The molecule has 0 spiro atoms. The summed E-state index contributed by atoms with van der Waals surface area (Å²) in [6.45, 7) is 1.43. The third kappa shape index (κ3) is 5.01. The van der Waals surface area contributed by atoms with Gasteiger partial charge in [0.15, 0.2) is 6.23 Å². The van der Waals surface area contributed by atoms with Crippen molar-refractivity contribution in [1.82, 2.24) is 19.1 Å². The van der Waals surface area contributed by atoms with Gasteiger partial charge in [-0.3, -0.25) is 37.7 Å². The minimum absolute atomic E-state index is 0.0645. The monoisotopic (exact) mass is 574 g/mol. The largest absolute Gasteiger partial charge is 0.472 e. The molecule has 2 bridgehead atoms. The van der Waals surface area contributed by atoms with Gasteiger partial charge in [-0.25, -0.2) is 14.2 Å². The van der Waals surface area contributed by atoms with Gasteiger partial charge in [-0.1, -0.05) is 0 Å². The van der Waals surface area contributed by atoms with Gasteiger partial charge >= 0.3 is 19.2 Å². The average molecular weight is 574 g/mol. The Labute approximate surface area is 218 Å². The van der Waals surface area contributed by atoms with Gasteiger partial charge in [0.25, 0.3) is 11.1 Å². The van der Waals surface area contributed by atoms with Gasteiger partial charge in [0.1, 0.15) is 30.1 Å². The second kappa shape index (κ2) is 10.0. The van der Waals surface area contributed by atoms with E-state index in [0.717, 1.165) is 9.13 Å². The molecule has 17 nitrogen and oxygen atoms in total. The van der Waals surface area contributed by atoms with Crippen LogP contribution in [0.4, 0.5) is 0 Å². The predicted octanol–water partition coefficient (Wildman–Crippen LogP) is -2.49. The van der Waals surface area contributed by atoms with Gasteiger partial charge in [-0.15, -0.1) is 0 Å². The van der Waals surface area contributed by atoms with E-state index in [2.05, 4.69) is 9.97 Å². The molecule has 18 heteroatoms. The fourth-order valence-electron chi connectivity index (χ4n) is 4.84. The molecule has 1 unspecified atom stereocenters. The first-order valence-corrected chi connectivity index (χ1v) is 13.4. The van der Waals surface area contributed by atoms with Crippen LogP contribution in [-0.4, -0.2) is 84.0 Å². The number of rotatable bonds is 8. The highest BCUT2D eigenvalue weighted by Gasteiger charge is 2.64. The number of hydrogen-bond donors (Lipinski definition) is 5. The van der Waals surface area contributed by atoms with Crippen molar-refractivity contribution in [3.63, 3.8) is 0 Å². The zero-order valence-electron chi connectivity index (χ0n) is 20.7. The van der Waals surface area contributed by atoms with Crippen LogP contribution in [0.15, 0.2) is 31.6 Å². The van der Waals surface area contributed by atoms with Crippen LogP contribution in [0.2, 0.25) is 0 Å². The number of nitrogens with one attached hydrogen (secondary N) is 2. The Bertz CT molecular complexity index is 1550. The second-order valence-corrected chi connectivity index (χ2v) is 11.1. The van der Waals surface area contributed by atoms with E-state index in [1.165, 1.54) is 26.2 Å². The highest BCUT2D eigenvalue weighted by atomic mass is 31.2. The maximum absolute atomic E-state index is 12.9. The second-order valence-electron chi connectivity index (χ2n) is 9.69. The number of H-pyrrole nitrogens is 2. The number of ether oxygens (including phenoxy) is 3. The van der Waals surface area contributed by atoms with Crippen molar-refractivity contribution < 1.29 is 42.9 Å². The summed E-state index contributed by atoms with van der Waals surface area (Å²) in [7, 11) is -4.90. The third-order valence-corrected chi connectivity index (χ3v) is 7.94. The molecule has 5 heterocycles. The summed E-state index contributed by atoms with van der Waals surface area (Å²) in [6, 6.07) is 0. The van der Waals surface area contributed by atoms with Gasteiger partial charge in [-0.05, 0) is 13.8 Å². The Morgan fingerprint density at radius 3 is 2.36 bits per heavy atom. The van der Waals surface area contributed by atoms with Crippen LogP contribution in [0.3, 0.4) is 0 Å². The Morgan fingerprint density at radius 2 is 1.72 bits per heavy atom. The number of aromatic nitrogens is 4. The van der Waals surface area contributed by atoms with Gasteiger partial charge < -0.3 is 29.3 Å². The molecule has 3 saturated heterocycles. The SMILES string of the molecule is Cc1cn([C@@H]2O[C@@]3(CO)CO[C@@H]2[C@@H]3OP(=O)(O)OC[C@H]2O[C@@H](n3cc(C)c(=O)[nH]c3=O)C[C@@H]2O)c(=O)[nH]c1=O. The first-order chi connectivity index (χ1) is 18.3. The standard InChI is InChI=1S/C21H27N4O13P/c1-9-4-24(19(30)22-16(9)28)13-3-11(27)12(36-13)6-35-39(32,33)38-15-14-18(37-21(15,7-26)8-34-14)25-5-10(2)17(29)23-20(25)31/h4-5,11-15,18,26-27H,3,6-8H2,1-2H3,(H,32,33)(H,22,28,30)(H,23,29,31)/t11-,12+,13+,14+,15-,18+,21-/m0/s1. The van der Waals surface area contributed by atoms with E-state index in [9.17, 15) is 38.8 Å². The normalized spacial score (nSPS) is 33.5. The van der Waals surface area contributed by atoms with Crippen molar-refractivity contribution in [2.75, 3.05) is 19.8 Å². The number of aliphatic hydroxyl groups excluding tert-OH is 2. The summed E-state index contributed by atoms with van der Waals surface area (Å²) >= 11 is 0. The van der Waals surface area contributed by atoms with Gasteiger partial charge in [-0.2, -0.15) is 0 Å². The minimum Gasteiger partial charge on any atom is -0.393 e. The Morgan fingerprint density at radius 1 is 1.10 bits per heavy atom. The van der Waals surface area contributed by atoms with Crippen LogP contribution in [0.25, 0.3) is 0 Å². The van der Waals surface area contributed by atoms with Crippen LogP contribution in [0.5, 0.6) is 0 Å². The fraction of sp³-hybridized carbons (Fsp3) is 0.619. The number of fused-ring (bicyclic) bond motifs is 2. The molecule has 5 N–H and O–H groups in total. The third-order valence-electron chi connectivity index (χ3n) is 6.97. The molecule has 39 heavy (non-hydrogen) atoms. The molecule has 2 aromatic rings. The highest BCUT2D eigenvalue weighted by Crippen LogP contribution is 2.54. The lowest BCUT2D eigenvalue weighted by Gasteiger charge is -2.30. The van der Waals surface area contributed by atoms with Crippen LogP contribution in [0.1, 0.15) is 30.0 Å². The van der Waals surface area contributed by atoms with Crippen LogP contribution in [-0.2, 0) is 27.8 Å². The first-order valence-electron chi connectivity index (χ1n) is 11.9. The summed E-state index contributed by atoms with van der Waals surface area (Å²) in [5.41, 5.74) is -3.91. The quantitative estimate of drug-likeness (QED) is 0.206. The smallest absolute Gasteiger partial charge is 0.393 e. The molecule has 2 aromatic heterocycles. The number of nitrogens with zero attached hydrogens (tertiary/aromatic N) is 2. The fourth-order valence-corrected chi connectivity index (χ4v) is 5.84. The van der Waals surface area contributed by atoms with Crippen molar-refractivity contribution in [2.24, 2.45) is 0 Å². The summed E-state index contributed by atoms with van der Waals surface area (Å²) in [6.07, 6.45) is -4.52. The molecule has 5 rings (SSSR count). The Balaban J connectivity index is 1.28. The number of aliphatic hydroxyl groups is 2. The maximum Gasteiger partial charge on any atom is 0.472 e. The molecule has 0 radical (unpaired) electrons. The number of hydrogen-bond acceptors (Lipinski definition) is 12. The molecule has 214 valence electrons. The highest BCUT2D eigenvalue weighted by molar-refractivity contribution is 7.47. The average Bonchev–Trinajstić information content (AvgIpc) is 3.51. The van der Waals surface area contributed by atoms with E-state index in [-0.39, 0.29) is 24.2 Å². The number of aromatic amines is 2. The van der Waals surface area contributed by atoms with E-state index < -0.39 is 86.0 Å². The molecule has 0 aromatic carbocycles. The van der Waals surface area contributed by atoms with Crippen molar-refractivity contribution >= 4 is 7.82 Å². The number of aryl methyl sites for hydroxylation is 2. The molecule has 3 aliphatic rings. The molecule has 0 aliphatic carbocycles. The Hall–Kier alpha value is -2.73. The molecule has 0 amide bonds. The predicted molar refractivity (Wildman–Crippen MR) is 127 cm³/mol. The van der Waals surface area contributed by atoms with Crippen LogP contribution in [0, 0.1) is 13.8 Å². The van der Waals surface area contributed by atoms with Crippen LogP contribution < -0.4 is 22.5 Å². The summed E-state index contributed by atoms with van der Waals surface area (Å²) in [4.78, 5) is 62.6. The van der Waals surface area contributed by atoms with Crippen molar-refractivity contribution in [3.8, 4) is 0 Å². The lowest BCUT2D eigenvalue weighted by atomic mass is 10.0. The molecular formula is C21H27N4O13P. The van der Waals surface area contributed by atoms with E-state index in [4.69, 9.17) is 23.3 Å². The van der Waals surface area contributed by atoms with E-state index in [1.54, 1.807) is 0 Å². The Kier molecular flexibility index (Phi) is 7.15. The number of phosphoric ester groups is 1. The zero-order valence-corrected chi connectivity index (χ0v) is 21.6. The molecule has 3 aliphatic heterocycles. The lowest BCUT2D eigenvalue weighted by molar-refractivity contribution is -0.187. The van der Waals surface area contributed by atoms with Crippen molar-refractivity contribution in [2.45, 2.75) is 62.7 Å². The molecule has 8 atom stereocenters. The summed E-state index contributed by atoms with van der Waals surface area (Å²) in [5, 5.41) is 20.4. The van der Waals surface area contributed by atoms with E-state index >= 15 is 0 Å². The lowest BCUT2D eigenvalue weighted by Crippen LogP contribution is -2.45. The minimum atomic E-state index is -4.90. The van der Waals surface area contributed by atoms with Gasteiger partial charge in [0.05, 0.1) is 25.9 Å². The zero-order chi connectivity index (χ0) is 28.3. The van der Waals surface area contributed by atoms with E-state index in [0.29, 0.717) is 0 Å². The topological polar surface area (TPSA) is 234 Å². The molecular weight excluding hydrogens is 547 g/mol. The van der Waals surface area contributed by atoms with Gasteiger partial charge in [0.2, 0.25) is 0 Å². The van der Waals surface area contributed by atoms with Crippen molar-refractivity contribution in [3.05, 3.63) is 65.2 Å².